The highest BCUT2D eigenvalue weighted by molar-refractivity contribution is 6.03. The van der Waals surface area contributed by atoms with Crippen molar-refractivity contribution in [1.82, 2.24) is 9.97 Å². The van der Waals surface area contributed by atoms with E-state index in [-0.39, 0.29) is 23.2 Å². The fraction of sp³-hybridized carbons (Fsp3) is 0.320. The van der Waals surface area contributed by atoms with Crippen LogP contribution in [0.3, 0.4) is 0 Å². The second-order valence-electron chi connectivity index (χ2n) is 8.52. The fourth-order valence-corrected chi connectivity index (χ4v) is 4.02. The van der Waals surface area contributed by atoms with E-state index in [1.807, 2.05) is 13.0 Å². The summed E-state index contributed by atoms with van der Waals surface area (Å²) in [6.07, 6.45) is 4.94. The summed E-state index contributed by atoms with van der Waals surface area (Å²) in [6.45, 7) is 6.16. The summed E-state index contributed by atoms with van der Waals surface area (Å²) in [6, 6.07) is 6.78. The second kappa shape index (κ2) is 10.6. The number of benzene rings is 1. The molecule has 0 radical (unpaired) electrons. The molecule has 0 saturated heterocycles. The van der Waals surface area contributed by atoms with Crippen LogP contribution in [0.15, 0.2) is 48.8 Å². The maximum Gasteiger partial charge on any atom is 0.274 e. The lowest BCUT2D eigenvalue weighted by atomic mass is 9.88. The third-order valence-corrected chi connectivity index (χ3v) is 5.43. The summed E-state index contributed by atoms with van der Waals surface area (Å²) in [5.41, 5.74) is 6.37. The van der Waals surface area contributed by atoms with E-state index in [2.05, 4.69) is 29.1 Å². The Labute approximate surface area is 191 Å². The minimum absolute atomic E-state index is 0.102. The SMILES string of the molecule is C[C@H](C[C@@H](C)N)C[C@H](C)c1ccncc1NC(=O)c1ccc(F)c(-c2cc(F)ccc2F)n1. The third-order valence-electron chi connectivity index (χ3n) is 5.43. The first kappa shape index (κ1) is 24.4. The summed E-state index contributed by atoms with van der Waals surface area (Å²) >= 11 is 0. The topological polar surface area (TPSA) is 80.9 Å². The van der Waals surface area contributed by atoms with E-state index in [1.165, 1.54) is 12.3 Å². The number of nitrogens with two attached hydrogens (primary N) is 1. The zero-order chi connectivity index (χ0) is 24.1. The van der Waals surface area contributed by atoms with Gasteiger partial charge in [-0.1, -0.05) is 13.8 Å². The Morgan fingerprint density at radius 2 is 1.76 bits per heavy atom. The Morgan fingerprint density at radius 3 is 2.48 bits per heavy atom. The Kier molecular flexibility index (Phi) is 7.81. The molecule has 0 bridgehead atoms. The predicted octanol–water partition coefficient (Wildman–Crippen LogP) is 5.68. The van der Waals surface area contributed by atoms with Crippen molar-refractivity contribution in [2.75, 3.05) is 5.32 Å². The normalized spacial score (nSPS) is 13.9. The molecule has 0 aliphatic rings. The number of aromatic nitrogens is 2. The fourth-order valence-electron chi connectivity index (χ4n) is 4.02. The van der Waals surface area contributed by atoms with Gasteiger partial charge in [0.25, 0.3) is 5.91 Å². The molecule has 5 nitrogen and oxygen atoms in total. The number of pyridine rings is 2. The molecule has 33 heavy (non-hydrogen) atoms. The lowest BCUT2D eigenvalue weighted by molar-refractivity contribution is 0.102. The lowest BCUT2D eigenvalue weighted by Gasteiger charge is -2.21. The molecular weight excluding hydrogens is 429 g/mol. The van der Waals surface area contributed by atoms with Crippen LogP contribution in [0.2, 0.25) is 0 Å². The molecule has 0 fully saturated rings. The summed E-state index contributed by atoms with van der Waals surface area (Å²) in [7, 11) is 0. The number of halogens is 3. The molecule has 8 heteroatoms. The van der Waals surface area contributed by atoms with Crippen LogP contribution in [0.4, 0.5) is 18.9 Å². The highest BCUT2D eigenvalue weighted by Crippen LogP contribution is 2.31. The van der Waals surface area contributed by atoms with Crippen molar-refractivity contribution in [3.05, 3.63) is 77.5 Å². The van der Waals surface area contributed by atoms with E-state index in [0.717, 1.165) is 42.7 Å². The van der Waals surface area contributed by atoms with Crippen LogP contribution in [-0.4, -0.2) is 21.9 Å². The number of nitrogens with zero attached hydrogens (tertiary/aromatic N) is 2. The van der Waals surface area contributed by atoms with Gasteiger partial charge in [-0.05, 0) is 73.6 Å². The summed E-state index contributed by atoms with van der Waals surface area (Å²) < 4.78 is 42.1. The highest BCUT2D eigenvalue weighted by atomic mass is 19.1. The molecule has 2 aromatic heterocycles. The minimum Gasteiger partial charge on any atom is -0.328 e. The Bertz CT molecular complexity index is 1140. The molecule has 3 aromatic rings. The zero-order valence-corrected chi connectivity index (χ0v) is 18.8. The van der Waals surface area contributed by atoms with Crippen molar-refractivity contribution < 1.29 is 18.0 Å². The number of amides is 1. The predicted molar refractivity (Wildman–Crippen MR) is 122 cm³/mol. The maximum atomic E-state index is 14.3. The van der Waals surface area contributed by atoms with E-state index in [0.29, 0.717) is 11.6 Å². The van der Waals surface area contributed by atoms with E-state index in [1.54, 1.807) is 6.20 Å². The summed E-state index contributed by atoms with van der Waals surface area (Å²) in [4.78, 5) is 21.0. The van der Waals surface area contributed by atoms with Gasteiger partial charge in [0.1, 0.15) is 28.8 Å². The number of carbonyl (C=O) groups is 1. The van der Waals surface area contributed by atoms with Crippen LogP contribution in [0.5, 0.6) is 0 Å². The minimum atomic E-state index is -0.866. The molecule has 0 unspecified atom stereocenters. The molecule has 1 aromatic carbocycles. The average Bonchev–Trinajstić information content (AvgIpc) is 2.75. The van der Waals surface area contributed by atoms with E-state index >= 15 is 0 Å². The van der Waals surface area contributed by atoms with Crippen molar-refractivity contribution in [1.29, 1.82) is 0 Å². The molecule has 1 amide bonds. The average molecular weight is 457 g/mol. The van der Waals surface area contributed by atoms with Gasteiger partial charge in [0, 0.05) is 17.8 Å². The number of carbonyl (C=O) groups excluding carboxylic acids is 1. The van der Waals surface area contributed by atoms with Crippen LogP contribution < -0.4 is 11.1 Å². The van der Waals surface area contributed by atoms with E-state index < -0.39 is 29.1 Å². The zero-order valence-electron chi connectivity index (χ0n) is 18.8. The molecule has 174 valence electrons. The monoisotopic (exact) mass is 456 g/mol. The second-order valence-corrected chi connectivity index (χ2v) is 8.52. The van der Waals surface area contributed by atoms with Crippen LogP contribution in [-0.2, 0) is 0 Å². The van der Waals surface area contributed by atoms with Gasteiger partial charge < -0.3 is 11.1 Å². The van der Waals surface area contributed by atoms with Crippen molar-refractivity contribution in [2.45, 2.75) is 45.6 Å². The molecule has 0 saturated carbocycles. The summed E-state index contributed by atoms with van der Waals surface area (Å²) in [5.74, 6) is -2.55. The van der Waals surface area contributed by atoms with Gasteiger partial charge in [-0.25, -0.2) is 18.2 Å². The number of hydrogen-bond acceptors (Lipinski definition) is 4. The Morgan fingerprint density at radius 1 is 1.03 bits per heavy atom. The quantitative estimate of drug-likeness (QED) is 0.457. The molecule has 0 aliphatic heterocycles. The van der Waals surface area contributed by atoms with Gasteiger partial charge in [-0.2, -0.15) is 0 Å². The first-order valence-electron chi connectivity index (χ1n) is 10.8. The van der Waals surface area contributed by atoms with E-state index in [4.69, 9.17) is 5.73 Å². The van der Waals surface area contributed by atoms with Gasteiger partial charge >= 0.3 is 0 Å². The number of hydrogen-bond donors (Lipinski definition) is 2. The lowest BCUT2D eigenvalue weighted by Crippen LogP contribution is -2.20. The van der Waals surface area contributed by atoms with Gasteiger partial charge in [-0.15, -0.1) is 0 Å². The first-order chi connectivity index (χ1) is 15.7. The summed E-state index contributed by atoms with van der Waals surface area (Å²) in [5, 5.41) is 2.77. The van der Waals surface area contributed by atoms with Gasteiger partial charge in [0.05, 0.1) is 11.9 Å². The van der Waals surface area contributed by atoms with Crippen LogP contribution in [0, 0.1) is 23.4 Å². The molecule has 3 N–H and O–H groups in total. The molecule has 3 atom stereocenters. The molecule has 2 heterocycles. The molecule has 3 rings (SSSR count). The van der Waals surface area contributed by atoms with E-state index in [9.17, 15) is 18.0 Å². The van der Waals surface area contributed by atoms with Crippen molar-refractivity contribution in [2.24, 2.45) is 11.7 Å². The van der Waals surface area contributed by atoms with Crippen LogP contribution >= 0.6 is 0 Å². The Balaban J connectivity index is 1.85. The third kappa shape index (κ3) is 6.16. The van der Waals surface area contributed by atoms with Crippen molar-refractivity contribution in [3.63, 3.8) is 0 Å². The smallest absolute Gasteiger partial charge is 0.274 e. The molecular formula is C25H27F3N4O. The largest absolute Gasteiger partial charge is 0.328 e. The number of rotatable bonds is 8. The number of nitrogens with one attached hydrogen (secondary N) is 1. The van der Waals surface area contributed by atoms with Gasteiger partial charge in [0.15, 0.2) is 0 Å². The first-order valence-corrected chi connectivity index (χ1v) is 10.8. The molecule has 0 spiro atoms. The van der Waals surface area contributed by atoms with Gasteiger partial charge in [-0.3, -0.25) is 9.78 Å². The Hall–Kier alpha value is -3.26. The van der Waals surface area contributed by atoms with Crippen LogP contribution in [0.1, 0.15) is 55.6 Å². The maximum absolute atomic E-state index is 14.3. The standard InChI is InChI=1S/C25H27F3N4O/c1-14(11-16(3)29)10-15(2)18-8-9-30-13-23(18)32-25(33)22-7-6-21(28)24(31-22)19-12-17(26)4-5-20(19)27/h4-9,12-16H,10-11,29H2,1-3H3,(H,32,33)/t14-,15-,16+/m0/s1. The van der Waals surface area contributed by atoms with Crippen molar-refractivity contribution >= 4 is 11.6 Å². The van der Waals surface area contributed by atoms with Crippen molar-refractivity contribution in [3.8, 4) is 11.3 Å². The van der Waals surface area contributed by atoms with Crippen LogP contribution in [0.25, 0.3) is 11.3 Å². The highest BCUT2D eigenvalue weighted by Gasteiger charge is 2.20. The molecule has 0 aliphatic carbocycles. The number of anilines is 1. The van der Waals surface area contributed by atoms with Gasteiger partial charge in [0.2, 0.25) is 0 Å².